The van der Waals surface area contributed by atoms with Crippen LogP contribution in [0.25, 0.3) is 0 Å². The predicted molar refractivity (Wildman–Crippen MR) is 89.5 cm³/mol. The van der Waals surface area contributed by atoms with Crippen molar-refractivity contribution in [3.63, 3.8) is 0 Å². The Bertz CT molecular complexity index is 690. The molecular weight excluding hydrogens is 304 g/mol. The second kappa shape index (κ2) is 6.63. The number of amides is 1. The Hall–Kier alpha value is -2.37. The van der Waals surface area contributed by atoms with Gasteiger partial charge in [-0.3, -0.25) is 4.79 Å². The fourth-order valence-electron chi connectivity index (χ4n) is 3.09. The molecule has 1 unspecified atom stereocenters. The molecule has 1 saturated carbocycles. The lowest BCUT2D eigenvalue weighted by atomic mass is 10.1. The fraction of sp³-hybridized carbons (Fsp3) is 0.500. The maximum absolute atomic E-state index is 12.2. The van der Waals surface area contributed by atoms with Crippen molar-refractivity contribution in [2.75, 3.05) is 18.0 Å². The molecule has 1 amide bonds. The second-order valence-corrected chi connectivity index (χ2v) is 6.64. The number of hydrogen-bond acceptors (Lipinski definition) is 5. The van der Waals surface area contributed by atoms with Crippen molar-refractivity contribution in [2.45, 2.75) is 38.1 Å². The standard InChI is InChI=1S/C18H22N4O2/c23-16(14-8-9-14)19-15(12-13-6-2-1-3-7-13)17-20-21-18(24-17)22-10-4-5-11-22/h1-3,6-7,14-15H,4-5,8-12H2,(H,19,23). The molecule has 0 bridgehead atoms. The molecule has 2 aliphatic rings. The van der Waals surface area contributed by atoms with Crippen LogP contribution in [0.4, 0.5) is 6.01 Å². The van der Waals surface area contributed by atoms with E-state index in [4.69, 9.17) is 4.42 Å². The third-order valence-electron chi connectivity index (χ3n) is 4.65. The van der Waals surface area contributed by atoms with E-state index in [-0.39, 0.29) is 17.9 Å². The van der Waals surface area contributed by atoms with Gasteiger partial charge in [0.25, 0.3) is 0 Å². The van der Waals surface area contributed by atoms with Crippen molar-refractivity contribution in [3.8, 4) is 0 Å². The Morgan fingerprint density at radius 2 is 1.96 bits per heavy atom. The summed E-state index contributed by atoms with van der Waals surface area (Å²) < 4.78 is 5.89. The van der Waals surface area contributed by atoms with Gasteiger partial charge < -0.3 is 14.6 Å². The summed E-state index contributed by atoms with van der Waals surface area (Å²) in [5, 5.41) is 11.5. The Kier molecular flexibility index (Phi) is 4.19. The molecule has 4 rings (SSSR count). The molecule has 0 spiro atoms. The molecule has 1 N–H and O–H groups in total. The molecule has 1 aromatic heterocycles. The van der Waals surface area contributed by atoms with Gasteiger partial charge in [0.1, 0.15) is 6.04 Å². The zero-order valence-electron chi connectivity index (χ0n) is 13.6. The number of carbonyl (C=O) groups excluding carboxylic acids is 1. The summed E-state index contributed by atoms with van der Waals surface area (Å²) in [5.74, 6) is 0.746. The van der Waals surface area contributed by atoms with Gasteiger partial charge in [-0.15, -0.1) is 5.10 Å². The number of benzene rings is 1. The van der Waals surface area contributed by atoms with Crippen LogP contribution in [0.3, 0.4) is 0 Å². The van der Waals surface area contributed by atoms with Gasteiger partial charge in [0.05, 0.1) is 0 Å². The summed E-state index contributed by atoms with van der Waals surface area (Å²) >= 11 is 0. The van der Waals surface area contributed by atoms with E-state index in [1.165, 1.54) is 0 Å². The van der Waals surface area contributed by atoms with Crippen LogP contribution in [0.5, 0.6) is 0 Å². The van der Waals surface area contributed by atoms with Gasteiger partial charge in [0, 0.05) is 25.4 Å². The maximum Gasteiger partial charge on any atom is 0.318 e. The molecular formula is C18H22N4O2. The van der Waals surface area contributed by atoms with Crippen molar-refractivity contribution < 1.29 is 9.21 Å². The molecule has 24 heavy (non-hydrogen) atoms. The number of nitrogens with one attached hydrogen (secondary N) is 1. The first-order chi connectivity index (χ1) is 11.8. The summed E-state index contributed by atoms with van der Waals surface area (Å²) in [6.07, 6.45) is 4.92. The SMILES string of the molecule is O=C(NC(Cc1ccccc1)c1nnc(N2CCCC2)o1)C1CC1. The van der Waals surface area contributed by atoms with Gasteiger partial charge in [-0.2, -0.15) is 0 Å². The second-order valence-electron chi connectivity index (χ2n) is 6.64. The lowest BCUT2D eigenvalue weighted by Gasteiger charge is -2.16. The number of rotatable bonds is 6. The van der Waals surface area contributed by atoms with Crippen LogP contribution in [-0.4, -0.2) is 29.2 Å². The molecule has 2 heterocycles. The number of carbonyl (C=O) groups is 1. The van der Waals surface area contributed by atoms with Crippen molar-refractivity contribution in [1.29, 1.82) is 0 Å². The van der Waals surface area contributed by atoms with E-state index < -0.39 is 0 Å². The van der Waals surface area contributed by atoms with E-state index >= 15 is 0 Å². The van der Waals surface area contributed by atoms with Gasteiger partial charge in [0.2, 0.25) is 11.8 Å². The Morgan fingerprint density at radius 1 is 1.21 bits per heavy atom. The Balaban J connectivity index is 1.53. The highest BCUT2D eigenvalue weighted by Gasteiger charge is 2.33. The van der Waals surface area contributed by atoms with Crippen LogP contribution >= 0.6 is 0 Å². The number of aromatic nitrogens is 2. The molecule has 1 aliphatic heterocycles. The van der Waals surface area contributed by atoms with Gasteiger partial charge >= 0.3 is 6.01 Å². The average Bonchev–Trinajstić information content (AvgIpc) is 3.11. The molecule has 2 fully saturated rings. The minimum Gasteiger partial charge on any atom is -0.406 e. The largest absolute Gasteiger partial charge is 0.406 e. The van der Waals surface area contributed by atoms with E-state index in [2.05, 4.69) is 20.4 Å². The van der Waals surface area contributed by atoms with Crippen LogP contribution in [-0.2, 0) is 11.2 Å². The monoisotopic (exact) mass is 326 g/mol. The summed E-state index contributed by atoms with van der Waals surface area (Å²) in [7, 11) is 0. The molecule has 2 aromatic rings. The first-order valence-corrected chi connectivity index (χ1v) is 8.72. The van der Waals surface area contributed by atoms with E-state index in [1.807, 2.05) is 30.3 Å². The first kappa shape index (κ1) is 15.2. The average molecular weight is 326 g/mol. The van der Waals surface area contributed by atoms with Crippen molar-refractivity contribution in [3.05, 3.63) is 41.8 Å². The first-order valence-electron chi connectivity index (χ1n) is 8.72. The molecule has 6 nitrogen and oxygen atoms in total. The van der Waals surface area contributed by atoms with E-state index in [1.54, 1.807) is 0 Å². The highest BCUT2D eigenvalue weighted by molar-refractivity contribution is 5.81. The van der Waals surface area contributed by atoms with Crippen molar-refractivity contribution in [1.82, 2.24) is 15.5 Å². The van der Waals surface area contributed by atoms with Crippen LogP contribution in [0.15, 0.2) is 34.7 Å². The van der Waals surface area contributed by atoms with Gasteiger partial charge in [-0.05, 0) is 31.2 Å². The molecule has 0 radical (unpaired) electrons. The lowest BCUT2D eigenvalue weighted by molar-refractivity contribution is -0.123. The topological polar surface area (TPSA) is 71.3 Å². The number of hydrogen-bond donors (Lipinski definition) is 1. The summed E-state index contributed by atoms with van der Waals surface area (Å²) in [4.78, 5) is 14.3. The Labute approximate surface area is 141 Å². The highest BCUT2D eigenvalue weighted by Crippen LogP contribution is 2.30. The third-order valence-corrected chi connectivity index (χ3v) is 4.65. The van der Waals surface area contributed by atoms with Gasteiger partial charge in [-0.1, -0.05) is 35.4 Å². The van der Waals surface area contributed by atoms with Crippen LogP contribution < -0.4 is 10.2 Å². The van der Waals surface area contributed by atoms with Crippen LogP contribution in [0, 0.1) is 5.92 Å². The minimum atomic E-state index is -0.274. The maximum atomic E-state index is 12.2. The van der Waals surface area contributed by atoms with Crippen LogP contribution in [0.2, 0.25) is 0 Å². The van der Waals surface area contributed by atoms with E-state index in [9.17, 15) is 4.79 Å². The van der Waals surface area contributed by atoms with Crippen LogP contribution in [0.1, 0.15) is 43.2 Å². The number of nitrogens with zero attached hydrogens (tertiary/aromatic N) is 3. The minimum absolute atomic E-state index is 0.0943. The molecule has 1 aromatic carbocycles. The van der Waals surface area contributed by atoms with E-state index in [0.29, 0.717) is 18.3 Å². The molecule has 1 atom stereocenters. The summed E-state index contributed by atoms with van der Waals surface area (Å²) in [6, 6.07) is 10.4. The zero-order valence-corrected chi connectivity index (χ0v) is 13.6. The summed E-state index contributed by atoms with van der Waals surface area (Å²) in [6.45, 7) is 1.92. The normalized spacial score (nSPS) is 18.6. The summed E-state index contributed by atoms with van der Waals surface area (Å²) in [5.41, 5.74) is 1.14. The molecule has 6 heteroatoms. The Morgan fingerprint density at radius 3 is 2.67 bits per heavy atom. The van der Waals surface area contributed by atoms with E-state index in [0.717, 1.165) is 44.3 Å². The smallest absolute Gasteiger partial charge is 0.318 e. The third kappa shape index (κ3) is 3.42. The molecule has 1 aliphatic carbocycles. The predicted octanol–water partition coefficient (Wildman–Crippen LogP) is 2.48. The molecule has 126 valence electrons. The number of anilines is 1. The quantitative estimate of drug-likeness (QED) is 0.883. The fourth-order valence-corrected chi connectivity index (χ4v) is 3.09. The lowest BCUT2D eigenvalue weighted by Crippen LogP contribution is -2.31. The van der Waals surface area contributed by atoms with Gasteiger partial charge in [-0.25, -0.2) is 0 Å². The van der Waals surface area contributed by atoms with Gasteiger partial charge in [0.15, 0.2) is 0 Å². The zero-order chi connectivity index (χ0) is 16.4. The molecule has 1 saturated heterocycles. The van der Waals surface area contributed by atoms with Crippen molar-refractivity contribution in [2.24, 2.45) is 5.92 Å². The highest BCUT2D eigenvalue weighted by atomic mass is 16.4. The van der Waals surface area contributed by atoms with Crippen molar-refractivity contribution >= 4 is 11.9 Å².